The van der Waals surface area contributed by atoms with E-state index < -0.39 is 0 Å². The third-order valence-electron chi connectivity index (χ3n) is 3.26. The number of nitrogens with one attached hydrogen (secondary N) is 1. The molecule has 0 aliphatic carbocycles. The highest BCUT2D eigenvalue weighted by Crippen LogP contribution is 2.23. The minimum atomic E-state index is 0.677. The first-order valence-corrected chi connectivity index (χ1v) is 7.10. The fourth-order valence-corrected chi connectivity index (χ4v) is 2.21. The number of anilines is 2. The predicted octanol–water partition coefficient (Wildman–Crippen LogP) is 2.05. The molecule has 0 spiro atoms. The van der Waals surface area contributed by atoms with Gasteiger partial charge in [-0.1, -0.05) is 13.0 Å². The summed E-state index contributed by atoms with van der Waals surface area (Å²) in [6.45, 7) is 4.76. The van der Waals surface area contributed by atoms with Crippen molar-refractivity contribution in [1.82, 2.24) is 15.0 Å². The van der Waals surface area contributed by atoms with Gasteiger partial charge in [0.25, 0.3) is 0 Å². The summed E-state index contributed by atoms with van der Waals surface area (Å²) in [6, 6.07) is 5.90. The summed E-state index contributed by atoms with van der Waals surface area (Å²) in [4.78, 5) is 15.5. The van der Waals surface area contributed by atoms with E-state index in [1.807, 2.05) is 32.2 Å². The van der Waals surface area contributed by atoms with Crippen LogP contribution in [0.4, 0.5) is 11.6 Å². The summed E-state index contributed by atoms with van der Waals surface area (Å²) in [5.41, 5.74) is 4.60. The Labute approximate surface area is 125 Å². The average molecular weight is 286 g/mol. The Hall–Kier alpha value is -2.21. The van der Waals surface area contributed by atoms with Gasteiger partial charge in [0.05, 0.1) is 12.2 Å². The number of aryl methyl sites for hydroxylation is 1. The van der Waals surface area contributed by atoms with Crippen LogP contribution in [0.5, 0.6) is 0 Å². The molecule has 112 valence electrons. The van der Waals surface area contributed by atoms with E-state index in [9.17, 15) is 0 Å². The van der Waals surface area contributed by atoms with Gasteiger partial charge in [-0.15, -0.1) is 0 Å². The molecule has 2 rings (SSSR count). The predicted molar refractivity (Wildman–Crippen MR) is 84.9 cm³/mol. The van der Waals surface area contributed by atoms with Gasteiger partial charge < -0.3 is 10.3 Å². The summed E-state index contributed by atoms with van der Waals surface area (Å²) >= 11 is 0. The summed E-state index contributed by atoms with van der Waals surface area (Å²) < 4.78 is 0. The molecule has 0 atom stereocenters. The smallest absolute Gasteiger partial charge is 0.148 e. The highest BCUT2D eigenvalue weighted by Gasteiger charge is 2.14. The van der Waals surface area contributed by atoms with E-state index in [0.717, 1.165) is 35.7 Å². The Morgan fingerprint density at radius 2 is 2.10 bits per heavy atom. The number of nitrogens with two attached hydrogens (primary N) is 1. The van der Waals surface area contributed by atoms with Crippen LogP contribution in [-0.4, -0.2) is 22.0 Å². The van der Waals surface area contributed by atoms with Crippen LogP contribution in [0.3, 0.4) is 0 Å². The van der Waals surface area contributed by atoms with Crippen LogP contribution in [0.1, 0.15) is 30.4 Å². The number of hydrazine groups is 1. The molecular weight excluding hydrogens is 264 g/mol. The number of hydrogen-bond acceptors (Lipinski definition) is 6. The lowest BCUT2D eigenvalue weighted by Gasteiger charge is -2.21. The molecule has 0 aliphatic heterocycles. The molecule has 3 N–H and O–H groups in total. The SMILES string of the molecule is CCCc1nc(NN)c(C)c(N(C)Cc2ccccn2)n1. The minimum absolute atomic E-state index is 0.677. The average Bonchev–Trinajstić information content (AvgIpc) is 2.50. The van der Waals surface area contributed by atoms with Crippen molar-refractivity contribution < 1.29 is 0 Å². The first kappa shape index (κ1) is 15.2. The van der Waals surface area contributed by atoms with Crippen molar-refractivity contribution in [1.29, 1.82) is 0 Å². The van der Waals surface area contributed by atoms with E-state index >= 15 is 0 Å². The van der Waals surface area contributed by atoms with Gasteiger partial charge in [-0.05, 0) is 25.5 Å². The number of aromatic nitrogens is 3. The quantitative estimate of drug-likeness (QED) is 0.625. The van der Waals surface area contributed by atoms with Gasteiger partial charge in [-0.25, -0.2) is 15.8 Å². The van der Waals surface area contributed by atoms with Gasteiger partial charge >= 0.3 is 0 Å². The Morgan fingerprint density at radius 3 is 2.71 bits per heavy atom. The monoisotopic (exact) mass is 286 g/mol. The van der Waals surface area contributed by atoms with Gasteiger partial charge in [0.15, 0.2) is 0 Å². The van der Waals surface area contributed by atoms with Gasteiger partial charge in [-0.2, -0.15) is 0 Å². The molecule has 0 saturated heterocycles. The third kappa shape index (κ3) is 3.66. The molecule has 6 heteroatoms. The maximum absolute atomic E-state index is 5.57. The van der Waals surface area contributed by atoms with E-state index in [4.69, 9.17) is 5.84 Å². The van der Waals surface area contributed by atoms with E-state index in [0.29, 0.717) is 12.4 Å². The highest BCUT2D eigenvalue weighted by atomic mass is 15.3. The van der Waals surface area contributed by atoms with E-state index in [-0.39, 0.29) is 0 Å². The minimum Gasteiger partial charge on any atom is -0.353 e. The molecule has 0 amide bonds. The molecule has 0 fully saturated rings. The highest BCUT2D eigenvalue weighted by molar-refractivity contribution is 5.57. The molecule has 2 aromatic heterocycles. The summed E-state index contributed by atoms with van der Waals surface area (Å²) in [5, 5.41) is 0. The lowest BCUT2D eigenvalue weighted by molar-refractivity contribution is 0.800. The molecule has 0 saturated carbocycles. The molecule has 2 heterocycles. The second-order valence-electron chi connectivity index (χ2n) is 5.01. The number of pyridine rings is 1. The zero-order valence-corrected chi connectivity index (χ0v) is 12.8. The Kier molecular flexibility index (Phi) is 5.05. The van der Waals surface area contributed by atoms with Gasteiger partial charge in [-0.3, -0.25) is 4.98 Å². The summed E-state index contributed by atoms with van der Waals surface area (Å²) in [5.74, 6) is 7.93. The van der Waals surface area contributed by atoms with Gasteiger partial charge in [0.2, 0.25) is 0 Å². The maximum atomic E-state index is 5.57. The second kappa shape index (κ2) is 6.99. The molecule has 0 aliphatic rings. The maximum Gasteiger partial charge on any atom is 0.148 e. The number of rotatable bonds is 6. The van der Waals surface area contributed by atoms with Gasteiger partial charge in [0, 0.05) is 25.2 Å². The van der Waals surface area contributed by atoms with Crippen molar-refractivity contribution in [3.8, 4) is 0 Å². The van der Waals surface area contributed by atoms with E-state index in [1.54, 1.807) is 6.20 Å². The Morgan fingerprint density at radius 1 is 1.29 bits per heavy atom. The Bertz CT molecular complexity index is 584. The van der Waals surface area contributed by atoms with Crippen LogP contribution >= 0.6 is 0 Å². The van der Waals surface area contributed by atoms with Crippen molar-refractivity contribution in [2.45, 2.75) is 33.2 Å². The lowest BCUT2D eigenvalue weighted by Crippen LogP contribution is -2.22. The van der Waals surface area contributed by atoms with Gasteiger partial charge in [0.1, 0.15) is 17.5 Å². The molecule has 2 aromatic rings. The first-order valence-electron chi connectivity index (χ1n) is 7.10. The van der Waals surface area contributed by atoms with Crippen LogP contribution in [0, 0.1) is 6.92 Å². The zero-order chi connectivity index (χ0) is 15.2. The molecule has 0 bridgehead atoms. The fraction of sp³-hybridized carbons (Fsp3) is 0.400. The summed E-state index contributed by atoms with van der Waals surface area (Å²) in [6.07, 6.45) is 3.63. The number of nitrogens with zero attached hydrogens (tertiary/aromatic N) is 4. The lowest BCUT2D eigenvalue weighted by atomic mass is 10.2. The largest absolute Gasteiger partial charge is 0.353 e. The molecule has 6 nitrogen and oxygen atoms in total. The first-order chi connectivity index (χ1) is 10.2. The van der Waals surface area contributed by atoms with E-state index in [2.05, 4.69) is 32.2 Å². The topological polar surface area (TPSA) is 80.0 Å². The molecule has 0 unspecified atom stereocenters. The number of nitrogen functional groups attached to an aromatic ring is 1. The fourth-order valence-electron chi connectivity index (χ4n) is 2.21. The van der Waals surface area contributed by atoms with Crippen molar-refractivity contribution in [3.63, 3.8) is 0 Å². The van der Waals surface area contributed by atoms with Crippen LogP contribution < -0.4 is 16.2 Å². The summed E-state index contributed by atoms with van der Waals surface area (Å²) in [7, 11) is 2.00. The van der Waals surface area contributed by atoms with Crippen LogP contribution in [-0.2, 0) is 13.0 Å². The van der Waals surface area contributed by atoms with Crippen molar-refractivity contribution >= 4 is 11.6 Å². The molecule has 21 heavy (non-hydrogen) atoms. The van der Waals surface area contributed by atoms with Crippen molar-refractivity contribution in [2.24, 2.45) is 5.84 Å². The Balaban J connectivity index is 2.30. The molecule has 0 radical (unpaired) electrons. The van der Waals surface area contributed by atoms with Crippen LogP contribution in [0.15, 0.2) is 24.4 Å². The van der Waals surface area contributed by atoms with E-state index in [1.165, 1.54) is 0 Å². The van der Waals surface area contributed by atoms with Crippen molar-refractivity contribution in [2.75, 3.05) is 17.4 Å². The zero-order valence-electron chi connectivity index (χ0n) is 12.8. The van der Waals surface area contributed by atoms with Crippen LogP contribution in [0.25, 0.3) is 0 Å². The van der Waals surface area contributed by atoms with Crippen LogP contribution in [0.2, 0.25) is 0 Å². The molecular formula is C15H22N6. The standard InChI is InChI=1S/C15H22N6/c1-4-7-13-18-14(20-16)11(2)15(19-13)21(3)10-12-8-5-6-9-17-12/h5-6,8-9H,4,7,10,16H2,1-3H3,(H,18,19,20). The van der Waals surface area contributed by atoms with Crippen molar-refractivity contribution in [3.05, 3.63) is 41.5 Å². The third-order valence-corrected chi connectivity index (χ3v) is 3.26. The normalized spacial score (nSPS) is 10.5. The number of hydrogen-bond donors (Lipinski definition) is 2. The molecule has 0 aromatic carbocycles. The second-order valence-corrected chi connectivity index (χ2v) is 5.01.